The first kappa shape index (κ1) is 8.43. The second-order valence-corrected chi connectivity index (χ2v) is 2.21. The van der Waals surface area contributed by atoms with Gasteiger partial charge in [-0.25, -0.2) is 0 Å². The fraction of sp³-hybridized carbons (Fsp3) is 0.833. The van der Waals surface area contributed by atoms with E-state index in [9.17, 15) is 4.79 Å². The number of hydrogen-bond donors (Lipinski definition) is 1. The molecule has 3 nitrogen and oxygen atoms in total. The van der Waals surface area contributed by atoms with Crippen molar-refractivity contribution in [3.05, 3.63) is 0 Å². The van der Waals surface area contributed by atoms with E-state index >= 15 is 0 Å². The molecule has 0 rings (SSSR count). The van der Waals surface area contributed by atoms with E-state index in [1.807, 2.05) is 6.92 Å². The summed E-state index contributed by atoms with van der Waals surface area (Å²) >= 11 is 0. The van der Waals surface area contributed by atoms with Gasteiger partial charge in [-0.1, -0.05) is 0 Å². The van der Waals surface area contributed by atoms with Crippen molar-refractivity contribution in [1.82, 2.24) is 4.90 Å². The Labute approximate surface area is 55.8 Å². The fourth-order valence-electron chi connectivity index (χ4n) is 0.468. The predicted molar refractivity (Wildman–Crippen MR) is 37.0 cm³/mol. The summed E-state index contributed by atoms with van der Waals surface area (Å²) in [6.45, 7) is 3.98. The highest BCUT2D eigenvalue weighted by molar-refractivity contribution is 5.73. The molecule has 3 heteroatoms. The van der Waals surface area contributed by atoms with E-state index in [1.54, 1.807) is 11.9 Å². The summed E-state index contributed by atoms with van der Waals surface area (Å²) in [5.41, 5.74) is 5.32. The number of hydrogen-bond acceptors (Lipinski definition) is 2. The number of carbonyl (C=O) groups is 1. The van der Waals surface area contributed by atoms with Crippen molar-refractivity contribution >= 4 is 5.91 Å². The van der Waals surface area contributed by atoms with Gasteiger partial charge in [0.25, 0.3) is 0 Å². The number of carbonyl (C=O) groups excluding carboxylic acids is 1. The Hall–Kier alpha value is -0.570. The number of nitrogens with zero attached hydrogens (tertiary/aromatic N) is 1. The fourth-order valence-corrected chi connectivity index (χ4v) is 0.468. The van der Waals surface area contributed by atoms with Gasteiger partial charge < -0.3 is 10.6 Å². The van der Waals surface area contributed by atoms with Crippen LogP contribution >= 0.6 is 0 Å². The SMILES string of the molecule is CC(=O)N(C)C(C)CN. The molecule has 9 heavy (non-hydrogen) atoms. The largest absolute Gasteiger partial charge is 0.342 e. The molecule has 0 heterocycles. The van der Waals surface area contributed by atoms with Crippen LogP contribution in [-0.2, 0) is 4.79 Å². The zero-order valence-electron chi connectivity index (χ0n) is 6.22. The molecule has 0 aliphatic heterocycles. The zero-order chi connectivity index (χ0) is 7.44. The first-order chi connectivity index (χ1) is 4.09. The van der Waals surface area contributed by atoms with Gasteiger partial charge in [-0.2, -0.15) is 0 Å². The topological polar surface area (TPSA) is 46.3 Å². The summed E-state index contributed by atoms with van der Waals surface area (Å²) in [7, 11) is 1.75. The molecule has 0 spiro atoms. The predicted octanol–water partition coefficient (Wildman–Crippen LogP) is -0.188. The molecule has 0 fully saturated rings. The first-order valence-corrected chi connectivity index (χ1v) is 3.03. The lowest BCUT2D eigenvalue weighted by Gasteiger charge is -2.21. The van der Waals surface area contributed by atoms with E-state index < -0.39 is 0 Å². The maximum Gasteiger partial charge on any atom is 0.219 e. The maximum absolute atomic E-state index is 10.6. The van der Waals surface area contributed by atoms with Crippen molar-refractivity contribution in [2.75, 3.05) is 13.6 Å². The Balaban J connectivity index is 3.72. The van der Waals surface area contributed by atoms with Gasteiger partial charge in [0.1, 0.15) is 0 Å². The van der Waals surface area contributed by atoms with Crippen LogP contribution in [0.5, 0.6) is 0 Å². The minimum atomic E-state index is 0.0629. The minimum absolute atomic E-state index is 0.0629. The van der Waals surface area contributed by atoms with Crippen molar-refractivity contribution in [2.24, 2.45) is 5.73 Å². The van der Waals surface area contributed by atoms with Crippen molar-refractivity contribution in [1.29, 1.82) is 0 Å². The molecular weight excluding hydrogens is 116 g/mol. The molecule has 1 amide bonds. The Kier molecular flexibility index (Phi) is 3.24. The Morgan fingerprint density at radius 2 is 2.22 bits per heavy atom. The molecule has 0 radical (unpaired) electrons. The Morgan fingerprint density at radius 1 is 1.78 bits per heavy atom. The lowest BCUT2D eigenvalue weighted by atomic mass is 10.3. The summed E-state index contributed by atoms with van der Waals surface area (Å²) in [4.78, 5) is 12.2. The van der Waals surface area contributed by atoms with Crippen LogP contribution in [0.25, 0.3) is 0 Å². The molecule has 0 saturated heterocycles. The van der Waals surface area contributed by atoms with Gasteiger partial charge in [0.05, 0.1) is 0 Å². The molecule has 1 atom stereocenters. The van der Waals surface area contributed by atoms with Crippen LogP contribution in [0.15, 0.2) is 0 Å². The van der Waals surface area contributed by atoms with E-state index in [0.29, 0.717) is 6.54 Å². The summed E-state index contributed by atoms with van der Waals surface area (Å²) in [5.74, 6) is 0.0629. The molecule has 0 aromatic rings. The van der Waals surface area contributed by atoms with Crippen LogP contribution in [0.2, 0.25) is 0 Å². The smallest absolute Gasteiger partial charge is 0.219 e. The van der Waals surface area contributed by atoms with Crippen molar-refractivity contribution in [3.8, 4) is 0 Å². The second kappa shape index (κ2) is 3.45. The van der Waals surface area contributed by atoms with Crippen LogP contribution in [0, 0.1) is 0 Å². The highest BCUT2D eigenvalue weighted by Gasteiger charge is 2.07. The van der Waals surface area contributed by atoms with Crippen molar-refractivity contribution in [2.45, 2.75) is 19.9 Å². The second-order valence-electron chi connectivity index (χ2n) is 2.21. The molecule has 0 bridgehead atoms. The van der Waals surface area contributed by atoms with Crippen molar-refractivity contribution < 1.29 is 4.79 Å². The Morgan fingerprint density at radius 3 is 2.33 bits per heavy atom. The van der Waals surface area contributed by atoms with Gasteiger partial charge in [-0.05, 0) is 6.92 Å². The van der Waals surface area contributed by atoms with Crippen LogP contribution in [-0.4, -0.2) is 30.4 Å². The zero-order valence-corrected chi connectivity index (χ0v) is 6.22. The standard InChI is InChI=1S/C6H14N2O/c1-5(4-7)8(3)6(2)9/h5H,4,7H2,1-3H3. The van der Waals surface area contributed by atoms with Crippen LogP contribution in [0.1, 0.15) is 13.8 Å². The van der Waals surface area contributed by atoms with Crippen LogP contribution in [0.3, 0.4) is 0 Å². The van der Waals surface area contributed by atoms with E-state index in [0.717, 1.165) is 0 Å². The summed E-state index contributed by atoms with van der Waals surface area (Å²) < 4.78 is 0. The number of amides is 1. The average molecular weight is 130 g/mol. The van der Waals surface area contributed by atoms with E-state index in [2.05, 4.69) is 0 Å². The van der Waals surface area contributed by atoms with Gasteiger partial charge in [0.2, 0.25) is 5.91 Å². The quantitative estimate of drug-likeness (QED) is 0.563. The molecular formula is C6H14N2O. The number of likely N-dealkylation sites (N-methyl/N-ethyl adjacent to an activating group) is 1. The lowest BCUT2D eigenvalue weighted by Crippen LogP contribution is -2.38. The maximum atomic E-state index is 10.6. The van der Waals surface area contributed by atoms with E-state index in [1.165, 1.54) is 6.92 Å². The third-order valence-corrected chi connectivity index (χ3v) is 1.50. The molecule has 0 aliphatic carbocycles. The first-order valence-electron chi connectivity index (χ1n) is 3.03. The summed E-state index contributed by atoms with van der Waals surface area (Å²) in [6.07, 6.45) is 0. The Bertz CT molecular complexity index is 103. The number of nitrogens with two attached hydrogens (primary N) is 1. The number of rotatable bonds is 2. The third kappa shape index (κ3) is 2.46. The van der Waals surface area contributed by atoms with Gasteiger partial charge in [-0.15, -0.1) is 0 Å². The van der Waals surface area contributed by atoms with Gasteiger partial charge >= 0.3 is 0 Å². The molecule has 0 saturated carbocycles. The summed E-state index contributed by atoms with van der Waals surface area (Å²) in [6, 6.07) is 0.155. The monoisotopic (exact) mass is 130 g/mol. The average Bonchev–Trinajstić information content (AvgIpc) is 1.84. The van der Waals surface area contributed by atoms with Crippen LogP contribution in [0.4, 0.5) is 0 Å². The minimum Gasteiger partial charge on any atom is -0.342 e. The highest BCUT2D eigenvalue weighted by atomic mass is 16.2. The van der Waals surface area contributed by atoms with E-state index in [-0.39, 0.29) is 11.9 Å². The molecule has 2 N–H and O–H groups in total. The molecule has 0 aromatic heterocycles. The van der Waals surface area contributed by atoms with Gasteiger partial charge in [-0.3, -0.25) is 4.79 Å². The molecule has 1 unspecified atom stereocenters. The molecule has 0 aromatic carbocycles. The molecule has 0 aliphatic rings. The highest BCUT2D eigenvalue weighted by Crippen LogP contribution is 1.91. The van der Waals surface area contributed by atoms with Crippen LogP contribution < -0.4 is 5.73 Å². The summed E-state index contributed by atoms with van der Waals surface area (Å²) in [5, 5.41) is 0. The normalized spacial score (nSPS) is 12.9. The van der Waals surface area contributed by atoms with Crippen molar-refractivity contribution in [3.63, 3.8) is 0 Å². The third-order valence-electron chi connectivity index (χ3n) is 1.50. The van der Waals surface area contributed by atoms with E-state index in [4.69, 9.17) is 5.73 Å². The van der Waals surface area contributed by atoms with Gasteiger partial charge in [0.15, 0.2) is 0 Å². The molecule has 54 valence electrons. The lowest BCUT2D eigenvalue weighted by molar-refractivity contribution is -0.129. The van der Waals surface area contributed by atoms with Gasteiger partial charge in [0, 0.05) is 26.6 Å².